The van der Waals surface area contributed by atoms with Gasteiger partial charge < -0.3 is 9.84 Å². The van der Waals surface area contributed by atoms with Gasteiger partial charge in [0.2, 0.25) is 10.0 Å². The molecule has 1 aliphatic rings. The van der Waals surface area contributed by atoms with Crippen molar-refractivity contribution in [1.82, 2.24) is 4.72 Å². The first kappa shape index (κ1) is 13.3. The van der Waals surface area contributed by atoms with Crippen LogP contribution in [0, 0.1) is 0 Å². The van der Waals surface area contributed by atoms with Crippen molar-refractivity contribution >= 4 is 10.0 Å². The van der Waals surface area contributed by atoms with Gasteiger partial charge in [0.1, 0.15) is 5.75 Å². The first-order valence-corrected chi connectivity index (χ1v) is 7.26. The van der Waals surface area contributed by atoms with E-state index in [4.69, 9.17) is 4.74 Å². The van der Waals surface area contributed by atoms with Crippen LogP contribution in [0.3, 0.4) is 0 Å². The maximum atomic E-state index is 12.2. The Balaban J connectivity index is 2.28. The van der Waals surface area contributed by atoms with Crippen molar-refractivity contribution in [1.29, 1.82) is 0 Å². The monoisotopic (exact) mass is 271 g/mol. The molecule has 0 aliphatic carbocycles. The number of rotatable bonds is 3. The van der Waals surface area contributed by atoms with E-state index < -0.39 is 15.6 Å². The molecule has 1 aromatic carbocycles. The summed E-state index contributed by atoms with van der Waals surface area (Å²) in [7, 11) is -3.65. The largest absolute Gasteiger partial charge is 0.508 e. The van der Waals surface area contributed by atoms with Gasteiger partial charge in [0.15, 0.2) is 0 Å². The van der Waals surface area contributed by atoms with Crippen molar-refractivity contribution < 1.29 is 18.3 Å². The molecule has 2 rings (SSSR count). The van der Waals surface area contributed by atoms with E-state index in [9.17, 15) is 13.5 Å². The highest BCUT2D eigenvalue weighted by Gasteiger charge is 2.40. The number of benzene rings is 1. The average Bonchev–Trinajstić information content (AvgIpc) is 2.58. The second kappa shape index (κ2) is 4.53. The van der Waals surface area contributed by atoms with Gasteiger partial charge >= 0.3 is 0 Å². The normalized spacial score (nSPS) is 28.4. The zero-order chi connectivity index (χ0) is 13.4. The van der Waals surface area contributed by atoms with Crippen LogP contribution in [0.2, 0.25) is 0 Å². The van der Waals surface area contributed by atoms with Crippen LogP contribution in [0.4, 0.5) is 0 Å². The average molecular weight is 271 g/mol. The summed E-state index contributed by atoms with van der Waals surface area (Å²) >= 11 is 0. The zero-order valence-electron chi connectivity index (χ0n) is 10.4. The summed E-state index contributed by atoms with van der Waals surface area (Å²) in [6, 6.07) is 5.61. The topological polar surface area (TPSA) is 75.6 Å². The fraction of sp³-hybridized carbons (Fsp3) is 0.500. The SMILES string of the molecule is CC1OCCC1(C)NS(=O)(=O)c1cccc(O)c1. The standard InChI is InChI=1S/C12H17NO4S/c1-9-12(2,6-7-17-9)13-18(15,16)11-5-3-4-10(14)8-11/h3-5,8-9,13-14H,6-7H2,1-2H3. The lowest BCUT2D eigenvalue weighted by molar-refractivity contribution is 0.0957. The van der Waals surface area contributed by atoms with Crippen LogP contribution < -0.4 is 4.72 Å². The molecule has 0 spiro atoms. The number of ether oxygens (including phenoxy) is 1. The molecule has 0 saturated carbocycles. The Morgan fingerprint density at radius 1 is 1.50 bits per heavy atom. The van der Waals surface area contributed by atoms with E-state index in [0.29, 0.717) is 13.0 Å². The summed E-state index contributed by atoms with van der Waals surface area (Å²) in [6.07, 6.45) is 0.455. The van der Waals surface area contributed by atoms with Crippen molar-refractivity contribution in [2.24, 2.45) is 0 Å². The number of hydrogen-bond acceptors (Lipinski definition) is 4. The molecule has 1 aromatic rings. The van der Waals surface area contributed by atoms with Gasteiger partial charge in [-0.3, -0.25) is 0 Å². The lowest BCUT2D eigenvalue weighted by Gasteiger charge is -2.28. The van der Waals surface area contributed by atoms with Crippen LogP contribution in [-0.2, 0) is 14.8 Å². The Morgan fingerprint density at radius 3 is 2.78 bits per heavy atom. The molecule has 0 aromatic heterocycles. The van der Waals surface area contributed by atoms with Crippen molar-refractivity contribution in [3.8, 4) is 5.75 Å². The highest BCUT2D eigenvalue weighted by atomic mass is 32.2. The first-order valence-electron chi connectivity index (χ1n) is 5.78. The summed E-state index contributed by atoms with van der Waals surface area (Å²) < 4.78 is 32.5. The molecule has 18 heavy (non-hydrogen) atoms. The van der Waals surface area contributed by atoms with E-state index in [2.05, 4.69) is 4.72 Å². The van der Waals surface area contributed by atoms with Crippen molar-refractivity contribution in [3.63, 3.8) is 0 Å². The smallest absolute Gasteiger partial charge is 0.241 e. The predicted molar refractivity (Wildman–Crippen MR) is 66.9 cm³/mol. The molecule has 100 valence electrons. The van der Waals surface area contributed by atoms with E-state index in [-0.39, 0.29) is 16.7 Å². The van der Waals surface area contributed by atoms with Crippen LogP contribution in [0.1, 0.15) is 20.3 Å². The second-order valence-electron chi connectivity index (χ2n) is 4.78. The van der Waals surface area contributed by atoms with Crippen molar-refractivity contribution in [2.75, 3.05) is 6.61 Å². The van der Waals surface area contributed by atoms with Gasteiger partial charge in [0, 0.05) is 6.61 Å². The number of phenolic OH excluding ortho intramolecular Hbond substituents is 1. The number of sulfonamides is 1. The van der Waals surface area contributed by atoms with Gasteiger partial charge in [-0.2, -0.15) is 0 Å². The Hall–Kier alpha value is -1.11. The second-order valence-corrected chi connectivity index (χ2v) is 6.47. The third-order valence-corrected chi connectivity index (χ3v) is 4.99. The summed E-state index contributed by atoms with van der Waals surface area (Å²) in [4.78, 5) is 0.0582. The van der Waals surface area contributed by atoms with E-state index in [0.717, 1.165) is 0 Å². The summed E-state index contributed by atoms with van der Waals surface area (Å²) in [6.45, 7) is 4.21. The summed E-state index contributed by atoms with van der Waals surface area (Å²) in [5, 5.41) is 9.34. The number of aromatic hydroxyl groups is 1. The summed E-state index contributed by atoms with van der Waals surface area (Å²) in [5.41, 5.74) is -0.607. The third-order valence-electron chi connectivity index (χ3n) is 3.38. The van der Waals surface area contributed by atoms with Crippen LogP contribution in [0.15, 0.2) is 29.2 Å². The Morgan fingerprint density at radius 2 is 2.22 bits per heavy atom. The number of phenols is 1. The minimum absolute atomic E-state index is 0.0582. The molecule has 1 heterocycles. The van der Waals surface area contributed by atoms with Crippen LogP contribution >= 0.6 is 0 Å². The molecule has 0 amide bonds. The Bertz CT molecular complexity index is 543. The van der Waals surface area contributed by atoms with E-state index in [1.54, 1.807) is 0 Å². The number of hydrogen-bond donors (Lipinski definition) is 2. The molecular formula is C12H17NO4S. The number of nitrogens with one attached hydrogen (secondary N) is 1. The van der Waals surface area contributed by atoms with E-state index in [1.165, 1.54) is 24.3 Å². The van der Waals surface area contributed by atoms with Crippen LogP contribution in [-0.4, -0.2) is 31.8 Å². The van der Waals surface area contributed by atoms with Gasteiger partial charge in [-0.05, 0) is 38.5 Å². The van der Waals surface area contributed by atoms with Gasteiger partial charge in [0.05, 0.1) is 16.5 Å². The van der Waals surface area contributed by atoms with Gasteiger partial charge in [0.25, 0.3) is 0 Å². The molecule has 2 unspecified atom stereocenters. The van der Waals surface area contributed by atoms with Crippen LogP contribution in [0.25, 0.3) is 0 Å². The molecule has 1 aliphatic heterocycles. The lowest BCUT2D eigenvalue weighted by Crippen LogP contribution is -2.50. The molecule has 6 heteroatoms. The molecule has 2 atom stereocenters. The highest BCUT2D eigenvalue weighted by molar-refractivity contribution is 7.89. The van der Waals surface area contributed by atoms with Crippen molar-refractivity contribution in [3.05, 3.63) is 24.3 Å². The lowest BCUT2D eigenvalue weighted by atomic mass is 9.97. The summed E-state index contributed by atoms with van der Waals surface area (Å²) in [5.74, 6) is -0.0706. The third kappa shape index (κ3) is 2.50. The Kier molecular flexibility index (Phi) is 3.35. The molecule has 2 N–H and O–H groups in total. The predicted octanol–water partition coefficient (Wildman–Crippen LogP) is 1.24. The van der Waals surface area contributed by atoms with Gasteiger partial charge in [-0.1, -0.05) is 6.07 Å². The highest BCUT2D eigenvalue weighted by Crippen LogP contribution is 2.27. The molecule has 1 saturated heterocycles. The van der Waals surface area contributed by atoms with Gasteiger partial charge in [-0.15, -0.1) is 0 Å². The molecule has 5 nitrogen and oxygen atoms in total. The maximum Gasteiger partial charge on any atom is 0.241 e. The first-order chi connectivity index (χ1) is 8.33. The molecule has 0 bridgehead atoms. The molecule has 1 fully saturated rings. The quantitative estimate of drug-likeness (QED) is 0.867. The fourth-order valence-electron chi connectivity index (χ4n) is 1.99. The zero-order valence-corrected chi connectivity index (χ0v) is 11.2. The maximum absolute atomic E-state index is 12.2. The van der Waals surface area contributed by atoms with E-state index in [1.807, 2.05) is 13.8 Å². The fourth-order valence-corrected chi connectivity index (χ4v) is 3.52. The van der Waals surface area contributed by atoms with E-state index >= 15 is 0 Å². The molecular weight excluding hydrogens is 254 g/mol. The van der Waals surface area contributed by atoms with Gasteiger partial charge in [-0.25, -0.2) is 13.1 Å². The van der Waals surface area contributed by atoms with Crippen molar-refractivity contribution in [2.45, 2.75) is 36.8 Å². The Labute approximate surface area is 107 Å². The minimum Gasteiger partial charge on any atom is -0.508 e. The minimum atomic E-state index is -3.65. The molecule has 0 radical (unpaired) electrons. The van der Waals surface area contributed by atoms with Crippen LogP contribution in [0.5, 0.6) is 5.75 Å².